The lowest BCUT2D eigenvalue weighted by molar-refractivity contribution is -0.0863. The third-order valence-electron chi connectivity index (χ3n) is 16.3. The molecule has 0 spiro atoms. The van der Waals surface area contributed by atoms with E-state index in [-0.39, 0.29) is 40.0 Å². The van der Waals surface area contributed by atoms with Crippen LogP contribution in [0.4, 0.5) is 0 Å². The highest BCUT2D eigenvalue weighted by Crippen LogP contribution is 2.47. The molecule has 2 aliphatic heterocycles. The van der Waals surface area contributed by atoms with Crippen molar-refractivity contribution in [2.75, 3.05) is 19.8 Å². The summed E-state index contributed by atoms with van der Waals surface area (Å²) < 4.78 is 0. The molecule has 4 amide bonds. The van der Waals surface area contributed by atoms with Gasteiger partial charge in [-0.2, -0.15) is 0 Å². The predicted molar refractivity (Wildman–Crippen MR) is 408 cm³/mol. The highest BCUT2D eigenvalue weighted by molar-refractivity contribution is 6.35. The molecule has 0 saturated heterocycles. The number of aliphatic hydroxyl groups excluding tert-OH is 1. The molecule has 15 nitrogen and oxygen atoms in total. The summed E-state index contributed by atoms with van der Waals surface area (Å²) in [6.07, 6.45) is 0. The highest BCUT2D eigenvalue weighted by atomic mass is 35.5. The van der Waals surface area contributed by atoms with Gasteiger partial charge in [-0.25, -0.2) is 11.8 Å². The normalized spacial score (nSPS) is 13.3. The molecule has 2 aliphatic rings. The summed E-state index contributed by atoms with van der Waals surface area (Å²) in [5, 5.41) is 19.5. The molecule has 528 valence electrons. The molecule has 0 fully saturated rings. The van der Waals surface area contributed by atoms with Gasteiger partial charge in [-0.05, 0) is 130 Å². The maximum atomic E-state index is 11.6. The van der Waals surface area contributed by atoms with Gasteiger partial charge in [0.15, 0.2) is 5.60 Å². The molecule has 19 heteroatoms. The number of fused-ring (bicyclic) bond motifs is 2. The van der Waals surface area contributed by atoms with E-state index >= 15 is 0 Å². The van der Waals surface area contributed by atoms with E-state index in [1.54, 1.807) is 50.2 Å². The number of nitrogens with two attached hydrogens (primary N) is 4. The van der Waals surface area contributed by atoms with Crippen LogP contribution in [0, 0.1) is 20.8 Å². The van der Waals surface area contributed by atoms with Crippen LogP contribution in [0.5, 0.6) is 0 Å². The second-order valence-electron chi connectivity index (χ2n) is 22.8. The van der Waals surface area contributed by atoms with Crippen LogP contribution < -0.4 is 23.5 Å². The van der Waals surface area contributed by atoms with Gasteiger partial charge < -0.3 is 9.94 Å². The quantitative estimate of drug-likeness (QED) is 0.0157. The van der Waals surface area contributed by atoms with Gasteiger partial charge in [0.25, 0.3) is 23.6 Å². The SMILES string of the molecule is CCO.CCON.CCON1C(=O)c2ccccc2C1=O.Cc1ccc(C(C)(c2ccccc2)c2ccccc2Cl)cc1.Cc1ccc(C(Cl)(c2ccccc2)c2ccccc2Cl)cc1.Cc1ccc(C(ON)(c2ccccc2)c2ccccc2Cl)cc1.NN.O=C1c2ccccc2C(=O)N1O. The number of benzene rings is 11. The van der Waals surface area contributed by atoms with Crippen molar-refractivity contribution in [3.63, 3.8) is 0 Å². The van der Waals surface area contributed by atoms with Crippen molar-refractivity contribution in [3.8, 4) is 0 Å². The topological polar surface area (TPSA) is 247 Å². The smallest absolute Gasteiger partial charge is 0.285 e. The van der Waals surface area contributed by atoms with Gasteiger partial charge in [0.2, 0.25) is 0 Å². The number of hydroxylamine groups is 4. The zero-order valence-electron chi connectivity index (χ0n) is 57.7. The summed E-state index contributed by atoms with van der Waals surface area (Å²) in [6, 6.07) is 92.1. The number of hydrogen-bond donors (Lipinski definition) is 6. The number of amides is 4. The molecule has 11 aromatic carbocycles. The molecule has 0 saturated carbocycles. The number of nitrogens with zero attached hydrogens (tertiary/aromatic N) is 2. The molecule has 0 radical (unpaired) electrons. The zero-order chi connectivity index (χ0) is 74.4. The molecule has 13 rings (SSSR count). The Hall–Kier alpha value is -9.50. The Balaban J connectivity index is 0.000000198. The Labute approximate surface area is 617 Å². The number of aryl methyl sites for hydroxylation is 3. The van der Waals surface area contributed by atoms with Crippen molar-refractivity contribution in [1.29, 1.82) is 0 Å². The minimum atomic E-state index is -0.951. The van der Waals surface area contributed by atoms with Crippen molar-refractivity contribution in [2.24, 2.45) is 23.5 Å². The van der Waals surface area contributed by atoms with Crippen molar-refractivity contribution < 1.29 is 44.0 Å². The van der Waals surface area contributed by atoms with Gasteiger partial charge in [-0.1, -0.05) is 294 Å². The molecule has 102 heavy (non-hydrogen) atoms. The van der Waals surface area contributed by atoms with E-state index in [1.165, 1.54) is 39.9 Å². The molecular weight excluding hydrogens is 1370 g/mol. The Morgan fingerprint density at radius 1 is 0.382 bits per heavy atom. The third kappa shape index (κ3) is 19.6. The zero-order valence-corrected chi connectivity index (χ0v) is 60.7. The van der Waals surface area contributed by atoms with Crippen LogP contribution in [0.25, 0.3) is 0 Å². The Kier molecular flexibility index (Phi) is 32.1. The molecule has 2 heterocycles. The average molecular weight is 1450 g/mol. The highest BCUT2D eigenvalue weighted by Gasteiger charge is 2.41. The third-order valence-corrected chi connectivity index (χ3v) is 17.9. The Morgan fingerprint density at radius 2 is 0.657 bits per heavy atom. The van der Waals surface area contributed by atoms with E-state index in [9.17, 15) is 19.2 Å². The average Bonchev–Trinajstić information content (AvgIpc) is 0.911. The molecule has 0 bridgehead atoms. The summed E-state index contributed by atoms with van der Waals surface area (Å²) in [5.74, 6) is 16.3. The maximum Gasteiger partial charge on any atom is 0.285 e. The van der Waals surface area contributed by atoms with E-state index in [4.69, 9.17) is 72.3 Å². The summed E-state index contributed by atoms with van der Waals surface area (Å²) >= 11 is 26.7. The maximum absolute atomic E-state index is 11.6. The number of halogens is 4. The summed E-state index contributed by atoms with van der Waals surface area (Å²) in [4.78, 5) is 59.1. The number of rotatable bonds is 13. The van der Waals surface area contributed by atoms with Crippen LogP contribution >= 0.6 is 46.4 Å². The van der Waals surface area contributed by atoms with E-state index in [2.05, 4.69) is 128 Å². The molecule has 0 aromatic heterocycles. The van der Waals surface area contributed by atoms with Crippen LogP contribution in [0.2, 0.25) is 15.1 Å². The monoisotopic (exact) mass is 1450 g/mol. The molecule has 0 aliphatic carbocycles. The fourth-order valence-electron chi connectivity index (χ4n) is 11.1. The van der Waals surface area contributed by atoms with Gasteiger partial charge in [-0.15, -0.1) is 21.7 Å². The van der Waals surface area contributed by atoms with Gasteiger partial charge in [0.1, 0.15) is 4.87 Å². The van der Waals surface area contributed by atoms with Gasteiger partial charge in [-0.3, -0.25) is 45.7 Å². The fraction of sp³-hybridized carbons (Fsp3) is 0.157. The standard InChI is InChI=1S/C21H19Cl.C20H16Cl2.C20H18ClNO.C10H9NO3.C8H5NO3.C2H7NO.C2H6O.H4N2/c1-16-12-14-18(15-13-16)21(2,17-8-4-3-5-9-17)19-10-6-7-11-20(19)22;1-15-11-13-17(14-12-15)20(22,16-7-3-2-4-8-16)18-9-5-6-10-19(18)21;1-15-11-13-17(14-12-15)20(23-22,16-7-3-2-4-8-16)18-9-5-6-10-19(18)21;1-2-14-11-9(12)7-5-3-4-6-8(7)10(11)13;10-7-5-3-1-2-4-6(5)8(11)9(7)12;1-2-4-3;1-2-3;1-2/h3-15H,1-2H3;2-14H,1H3;2-14H,22H2,1H3;3-6H,2H2,1H3;1-4,12H;2-3H2,1H3;3H,2H2,1H3;1-2H2. The summed E-state index contributed by atoms with van der Waals surface area (Å²) in [5.41, 5.74) is 13.0. The number of aliphatic hydroxyl groups is 1. The second kappa shape index (κ2) is 40.2. The number of carbonyl (C=O) groups excluding carboxylic acids is 4. The van der Waals surface area contributed by atoms with E-state index in [1.807, 2.05) is 166 Å². The fourth-order valence-corrected chi connectivity index (χ4v) is 12.5. The van der Waals surface area contributed by atoms with Gasteiger partial charge in [0, 0.05) is 38.2 Å². The first-order valence-corrected chi connectivity index (χ1v) is 34.0. The Bertz CT molecular complexity index is 4240. The van der Waals surface area contributed by atoms with Crippen LogP contribution in [-0.4, -0.2) is 63.9 Å². The van der Waals surface area contributed by atoms with Crippen LogP contribution in [-0.2, 0) is 30.4 Å². The van der Waals surface area contributed by atoms with Crippen molar-refractivity contribution in [3.05, 3.63) is 389 Å². The predicted octanol–water partition coefficient (Wildman–Crippen LogP) is 17.6. The number of alkyl halides is 1. The van der Waals surface area contributed by atoms with E-state index < -0.39 is 22.3 Å². The number of carbonyl (C=O) groups is 4. The molecular formula is C83H84Cl4N6O9. The summed E-state index contributed by atoms with van der Waals surface area (Å²) in [7, 11) is 0. The number of imide groups is 2. The van der Waals surface area contributed by atoms with Crippen molar-refractivity contribution in [2.45, 2.75) is 64.4 Å². The van der Waals surface area contributed by atoms with Crippen LogP contribution in [0.1, 0.15) is 136 Å². The first-order valence-electron chi connectivity index (χ1n) is 32.5. The Morgan fingerprint density at radius 3 is 1.02 bits per heavy atom. The lowest BCUT2D eigenvalue weighted by Crippen LogP contribution is -2.35. The number of hydrogen-bond acceptors (Lipinski definition) is 13. The number of hydrazine groups is 1. The van der Waals surface area contributed by atoms with Crippen LogP contribution in [0.3, 0.4) is 0 Å². The van der Waals surface area contributed by atoms with Gasteiger partial charge in [0.05, 0.1) is 35.5 Å². The van der Waals surface area contributed by atoms with Crippen molar-refractivity contribution >= 4 is 70.0 Å². The minimum absolute atomic E-state index is 0.130. The van der Waals surface area contributed by atoms with Crippen molar-refractivity contribution in [1.82, 2.24) is 10.1 Å². The summed E-state index contributed by atoms with van der Waals surface area (Å²) in [6.45, 7) is 14.9. The minimum Gasteiger partial charge on any atom is -0.397 e. The largest absolute Gasteiger partial charge is 0.397 e. The van der Waals surface area contributed by atoms with E-state index in [0.717, 1.165) is 49.0 Å². The lowest BCUT2D eigenvalue weighted by atomic mass is 9.71. The van der Waals surface area contributed by atoms with Gasteiger partial charge >= 0.3 is 0 Å². The molecule has 11 aromatic rings. The molecule has 3 atom stereocenters. The second-order valence-corrected chi connectivity index (χ2v) is 24.6. The first kappa shape index (κ1) is 81.5. The first-order chi connectivity index (χ1) is 49.2. The molecule has 3 unspecified atom stereocenters. The van der Waals surface area contributed by atoms with Crippen LogP contribution in [0.15, 0.2) is 285 Å². The lowest BCUT2D eigenvalue weighted by Gasteiger charge is -2.34. The van der Waals surface area contributed by atoms with E-state index in [0.29, 0.717) is 34.4 Å². The molecule has 10 N–H and O–H groups in total.